The third-order valence-electron chi connectivity index (χ3n) is 6.13. The van der Waals surface area contributed by atoms with Gasteiger partial charge in [-0.05, 0) is 49.6 Å². The zero-order valence-electron chi connectivity index (χ0n) is 20.7. The molecule has 1 aliphatic rings. The number of nitrogens with one attached hydrogen (secondary N) is 2. The molecule has 0 aliphatic carbocycles. The highest BCUT2D eigenvalue weighted by molar-refractivity contribution is 7.98. The van der Waals surface area contributed by atoms with Crippen molar-refractivity contribution in [2.45, 2.75) is 64.1 Å². The molecule has 0 fully saturated rings. The molecule has 0 radical (unpaired) electrons. The Labute approximate surface area is 205 Å². The summed E-state index contributed by atoms with van der Waals surface area (Å²) in [7, 11) is 0. The summed E-state index contributed by atoms with van der Waals surface area (Å²) < 4.78 is 1.64. The van der Waals surface area contributed by atoms with Gasteiger partial charge < -0.3 is 20.1 Å². The van der Waals surface area contributed by atoms with E-state index in [-0.39, 0.29) is 29.7 Å². The molecule has 8 nitrogen and oxygen atoms in total. The Hall–Kier alpha value is -2.81. The lowest BCUT2D eigenvalue weighted by Gasteiger charge is -2.43. The first-order valence-electron chi connectivity index (χ1n) is 11.8. The second kappa shape index (κ2) is 11.1. The van der Waals surface area contributed by atoms with Crippen LogP contribution in [0.5, 0.6) is 0 Å². The van der Waals surface area contributed by atoms with Gasteiger partial charge in [0, 0.05) is 24.5 Å². The van der Waals surface area contributed by atoms with Gasteiger partial charge in [-0.2, -0.15) is 0 Å². The number of nitrogens with zero attached hydrogens (tertiary/aromatic N) is 3. The van der Waals surface area contributed by atoms with Crippen molar-refractivity contribution in [3.63, 3.8) is 0 Å². The normalized spacial score (nSPS) is 17.6. The summed E-state index contributed by atoms with van der Waals surface area (Å²) >= 11 is 1.66. The number of thioether (sulfide) groups is 1. The number of amides is 3. The molecule has 1 aliphatic heterocycles. The van der Waals surface area contributed by atoms with E-state index in [1.807, 2.05) is 37.4 Å². The molecule has 0 bridgehead atoms. The minimum Gasteiger partial charge on any atom is -0.354 e. The quantitative estimate of drug-likeness (QED) is 0.503. The number of hydrogen-bond acceptors (Lipinski definition) is 5. The van der Waals surface area contributed by atoms with Crippen molar-refractivity contribution in [1.29, 1.82) is 0 Å². The molecule has 0 saturated heterocycles. The molecule has 1 aromatic heterocycles. The van der Waals surface area contributed by atoms with Crippen molar-refractivity contribution in [2.24, 2.45) is 5.92 Å². The van der Waals surface area contributed by atoms with Gasteiger partial charge in [-0.15, -0.1) is 11.8 Å². The van der Waals surface area contributed by atoms with Gasteiger partial charge in [0.15, 0.2) is 5.69 Å². The molecule has 2 N–H and O–H groups in total. The molecule has 0 saturated carbocycles. The molecular weight excluding hydrogens is 450 g/mol. The van der Waals surface area contributed by atoms with Crippen molar-refractivity contribution in [2.75, 3.05) is 19.3 Å². The Morgan fingerprint density at radius 3 is 2.53 bits per heavy atom. The van der Waals surface area contributed by atoms with Crippen molar-refractivity contribution >= 4 is 29.5 Å². The second-order valence-corrected chi connectivity index (χ2v) is 10.1. The molecule has 0 unspecified atom stereocenters. The van der Waals surface area contributed by atoms with Gasteiger partial charge in [0.2, 0.25) is 5.91 Å². The van der Waals surface area contributed by atoms with Crippen LogP contribution in [0.25, 0.3) is 0 Å². The highest BCUT2D eigenvalue weighted by atomic mass is 32.2. The van der Waals surface area contributed by atoms with Crippen LogP contribution in [0.1, 0.15) is 67.1 Å². The Balaban J connectivity index is 1.79. The van der Waals surface area contributed by atoms with Crippen molar-refractivity contribution in [3.05, 3.63) is 47.5 Å². The summed E-state index contributed by atoms with van der Waals surface area (Å²) in [6, 6.07) is 7.94. The minimum absolute atomic E-state index is 0.0918. The van der Waals surface area contributed by atoms with E-state index in [1.54, 1.807) is 28.2 Å². The van der Waals surface area contributed by atoms with E-state index in [1.165, 1.54) is 6.33 Å². The zero-order chi connectivity index (χ0) is 24.9. The fourth-order valence-electron chi connectivity index (χ4n) is 4.10. The number of carbonyl (C=O) groups is 3. The van der Waals surface area contributed by atoms with Crippen LogP contribution in [0.4, 0.5) is 0 Å². The SMILES string of the molecule is CCCN1C(=O)c2c(C(=O)NCc3ccc(SC)cc3)ncn2C[C@]1(C)C(=O)NCCC(C)C. The maximum atomic E-state index is 13.5. The lowest BCUT2D eigenvalue weighted by atomic mass is 9.93. The number of rotatable bonds is 10. The van der Waals surface area contributed by atoms with E-state index in [9.17, 15) is 14.4 Å². The van der Waals surface area contributed by atoms with Crippen LogP contribution < -0.4 is 10.6 Å². The molecule has 1 atom stereocenters. The van der Waals surface area contributed by atoms with Gasteiger partial charge in [0.25, 0.3) is 11.8 Å². The third-order valence-corrected chi connectivity index (χ3v) is 6.87. The molecular formula is C25H35N5O3S. The number of benzene rings is 1. The molecule has 0 spiro atoms. The van der Waals surface area contributed by atoms with E-state index in [0.717, 1.165) is 16.9 Å². The van der Waals surface area contributed by atoms with Crippen LogP contribution in [-0.2, 0) is 17.9 Å². The van der Waals surface area contributed by atoms with Crippen LogP contribution in [0.3, 0.4) is 0 Å². The van der Waals surface area contributed by atoms with Crippen LogP contribution >= 0.6 is 11.8 Å². The predicted octanol–water partition coefficient (Wildman–Crippen LogP) is 3.32. The summed E-state index contributed by atoms with van der Waals surface area (Å²) in [5.74, 6) is -0.467. The molecule has 2 heterocycles. The van der Waals surface area contributed by atoms with Crippen LogP contribution in [0, 0.1) is 5.92 Å². The van der Waals surface area contributed by atoms with Gasteiger partial charge in [0.1, 0.15) is 11.2 Å². The largest absolute Gasteiger partial charge is 0.354 e. The average molecular weight is 486 g/mol. The number of aromatic nitrogens is 2. The van der Waals surface area contributed by atoms with Gasteiger partial charge in [-0.1, -0.05) is 32.9 Å². The highest BCUT2D eigenvalue weighted by Gasteiger charge is 2.48. The number of hydrogen-bond donors (Lipinski definition) is 2. The lowest BCUT2D eigenvalue weighted by molar-refractivity contribution is -0.132. The average Bonchev–Trinajstić information content (AvgIpc) is 3.24. The first-order chi connectivity index (χ1) is 16.2. The van der Waals surface area contributed by atoms with Crippen LogP contribution in [-0.4, -0.2) is 57.1 Å². The van der Waals surface area contributed by atoms with E-state index in [4.69, 9.17) is 0 Å². The van der Waals surface area contributed by atoms with Gasteiger partial charge in [-0.25, -0.2) is 4.98 Å². The molecule has 34 heavy (non-hydrogen) atoms. The highest BCUT2D eigenvalue weighted by Crippen LogP contribution is 2.29. The van der Waals surface area contributed by atoms with Crippen molar-refractivity contribution in [3.8, 4) is 0 Å². The summed E-state index contributed by atoms with van der Waals surface area (Å²) in [6.45, 7) is 9.51. The van der Waals surface area contributed by atoms with Crippen molar-refractivity contribution in [1.82, 2.24) is 25.1 Å². The standard InChI is InChI=1S/C25H35N5O3S/c1-6-13-30-23(32)21-20(22(31)27-14-18-7-9-19(34-5)10-8-18)28-16-29(21)15-25(30,4)24(33)26-12-11-17(2)3/h7-10,16-17H,6,11-15H2,1-5H3,(H,26,33)(H,27,31)/t25-/m1/s1. The Morgan fingerprint density at radius 2 is 1.91 bits per heavy atom. The second-order valence-electron chi connectivity index (χ2n) is 9.27. The first kappa shape index (κ1) is 25.8. The predicted molar refractivity (Wildman–Crippen MR) is 134 cm³/mol. The Kier molecular flexibility index (Phi) is 8.41. The first-order valence-corrected chi connectivity index (χ1v) is 13.0. The molecule has 184 valence electrons. The van der Waals surface area contributed by atoms with E-state index < -0.39 is 11.4 Å². The molecule has 2 aromatic rings. The summed E-state index contributed by atoms with van der Waals surface area (Å²) in [4.78, 5) is 46.7. The van der Waals surface area contributed by atoms with Gasteiger partial charge in [-0.3, -0.25) is 14.4 Å². The molecule has 3 rings (SSSR count). The van der Waals surface area contributed by atoms with Gasteiger partial charge >= 0.3 is 0 Å². The molecule has 9 heteroatoms. The van der Waals surface area contributed by atoms with E-state index >= 15 is 0 Å². The van der Waals surface area contributed by atoms with Crippen molar-refractivity contribution < 1.29 is 14.4 Å². The smallest absolute Gasteiger partial charge is 0.273 e. The summed E-state index contributed by atoms with van der Waals surface area (Å²) in [5, 5.41) is 5.86. The Bertz CT molecular complexity index is 1030. The third kappa shape index (κ3) is 5.46. The fraction of sp³-hybridized carbons (Fsp3) is 0.520. The Morgan fingerprint density at radius 1 is 1.21 bits per heavy atom. The molecule has 3 amide bonds. The van der Waals surface area contributed by atoms with Gasteiger partial charge in [0.05, 0.1) is 12.9 Å². The minimum atomic E-state index is -1.05. The van der Waals surface area contributed by atoms with E-state index in [0.29, 0.717) is 32.0 Å². The summed E-state index contributed by atoms with van der Waals surface area (Å²) in [5.41, 5.74) is 0.235. The van der Waals surface area contributed by atoms with Crippen LogP contribution in [0.2, 0.25) is 0 Å². The van der Waals surface area contributed by atoms with Crippen LogP contribution in [0.15, 0.2) is 35.5 Å². The van der Waals surface area contributed by atoms with E-state index in [2.05, 4.69) is 29.5 Å². The maximum absolute atomic E-state index is 13.5. The fourth-order valence-corrected chi connectivity index (χ4v) is 4.51. The zero-order valence-corrected chi connectivity index (χ0v) is 21.5. The monoisotopic (exact) mass is 485 g/mol. The molecule has 1 aromatic carbocycles. The topological polar surface area (TPSA) is 96.3 Å². The number of imidazole rings is 1. The maximum Gasteiger partial charge on any atom is 0.273 e. The number of carbonyl (C=O) groups excluding carboxylic acids is 3. The lowest BCUT2D eigenvalue weighted by Crippen LogP contribution is -2.64. The summed E-state index contributed by atoms with van der Waals surface area (Å²) in [6.07, 6.45) is 5.06. The number of fused-ring (bicyclic) bond motifs is 1.